The predicted molar refractivity (Wildman–Crippen MR) is 81.6 cm³/mol. The lowest BCUT2D eigenvalue weighted by atomic mass is 10.1. The van der Waals surface area contributed by atoms with Crippen LogP contribution in [0.15, 0.2) is 0 Å². The molecule has 0 spiro atoms. The summed E-state index contributed by atoms with van der Waals surface area (Å²) in [5.41, 5.74) is 5.44. The molecule has 1 atom stereocenters. The predicted octanol–water partition coefficient (Wildman–Crippen LogP) is 1.07. The van der Waals surface area contributed by atoms with Gasteiger partial charge in [-0.15, -0.1) is 0 Å². The van der Waals surface area contributed by atoms with E-state index in [1.54, 1.807) is 0 Å². The summed E-state index contributed by atoms with van der Waals surface area (Å²) in [4.78, 5) is 16.0. The summed E-state index contributed by atoms with van der Waals surface area (Å²) >= 11 is 0. The van der Waals surface area contributed by atoms with Crippen molar-refractivity contribution in [2.45, 2.75) is 45.6 Å². The minimum atomic E-state index is -0.190. The van der Waals surface area contributed by atoms with Crippen molar-refractivity contribution in [3.05, 3.63) is 0 Å². The van der Waals surface area contributed by atoms with Gasteiger partial charge < -0.3 is 15.4 Å². The zero-order valence-electron chi connectivity index (χ0n) is 13.1. The second-order valence-corrected chi connectivity index (χ2v) is 5.52. The fourth-order valence-corrected chi connectivity index (χ4v) is 2.68. The van der Waals surface area contributed by atoms with Gasteiger partial charge in [0, 0.05) is 45.9 Å². The van der Waals surface area contributed by atoms with Gasteiger partial charge in [-0.1, -0.05) is 20.3 Å². The summed E-state index contributed by atoms with van der Waals surface area (Å²) < 4.78 is 5.58. The summed E-state index contributed by atoms with van der Waals surface area (Å²) in [5, 5.41) is 0. The van der Waals surface area contributed by atoms with Crippen LogP contribution in [0.2, 0.25) is 0 Å². The van der Waals surface area contributed by atoms with Crippen LogP contribution in [0.4, 0.5) is 0 Å². The van der Waals surface area contributed by atoms with E-state index in [4.69, 9.17) is 10.5 Å². The molecule has 0 aromatic rings. The van der Waals surface area contributed by atoms with Gasteiger partial charge in [0.15, 0.2) is 0 Å². The number of nitrogens with zero attached hydrogens (tertiary/aromatic N) is 2. The zero-order chi connectivity index (χ0) is 14.8. The first-order chi connectivity index (χ1) is 9.69. The van der Waals surface area contributed by atoms with Crippen LogP contribution in [0.25, 0.3) is 0 Å². The van der Waals surface area contributed by atoms with E-state index >= 15 is 0 Å². The van der Waals surface area contributed by atoms with Gasteiger partial charge in [-0.3, -0.25) is 9.69 Å². The molecule has 1 fully saturated rings. The molecule has 20 heavy (non-hydrogen) atoms. The molecule has 1 rings (SSSR count). The molecule has 2 N–H and O–H groups in total. The van der Waals surface area contributed by atoms with Crippen molar-refractivity contribution in [2.24, 2.45) is 5.73 Å². The van der Waals surface area contributed by atoms with Crippen LogP contribution < -0.4 is 5.73 Å². The molecule has 0 aromatic carbocycles. The minimum Gasteiger partial charge on any atom is -0.381 e. The zero-order valence-corrected chi connectivity index (χ0v) is 13.1. The van der Waals surface area contributed by atoms with E-state index in [1.807, 2.05) is 6.92 Å². The highest BCUT2D eigenvalue weighted by molar-refractivity contribution is 5.79. The largest absolute Gasteiger partial charge is 0.381 e. The maximum absolute atomic E-state index is 11.4. The molecule has 0 radical (unpaired) electrons. The monoisotopic (exact) mass is 285 g/mol. The van der Waals surface area contributed by atoms with Crippen LogP contribution in [0.1, 0.15) is 39.5 Å². The van der Waals surface area contributed by atoms with Crippen molar-refractivity contribution in [2.75, 3.05) is 45.9 Å². The molecule has 1 heterocycles. The van der Waals surface area contributed by atoms with Gasteiger partial charge >= 0.3 is 0 Å². The van der Waals surface area contributed by atoms with Gasteiger partial charge in [-0.25, -0.2) is 0 Å². The highest BCUT2D eigenvalue weighted by atomic mass is 16.5. The number of carbonyl (C=O) groups is 1. The second-order valence-electron chi connectivity index (χ2n) is 5.52. The molecule has 0 aromatic heterocycles. The Kier molecular flexibility index (Phi) is 8.82. The topological polar surface area (TPSA) is 58.8 Å². The normalized spacial score (nSPS) is 19.1. The lowest BCUT2D eigenvalue weighted by Crippen LogP contribution is -2.54. The molecule has 0 saturated carbocycles. The van der Waals surface area contributed by atoms with Crippen LogP contribution in [-0.4, -0.2) is 67.7 Å². The molecule has 5 nitrogen and oxygen atoms in total. The first-order valence-electron chi connectivity index (χ1n) is 8.02. The molecular weight excluding hydrogens is 254 g/mol. The molecular formula is C15H31N3O2. The third kappa shape index (κ3) is 6.20. The molecule has 1 amide bonds. The Hall–Kier alpha value is -0.650. The smallest absolute Gasteiger partial charge is 0.234 e. The molecule has 0 bridgehead atoms. The number of rotatable bonds is 10. The molecule has 0 aliphatic carbocycles. The average molecular weight is 285 g/mol. The first kappa shape index (κ1) is 17.4. The fraction of sp³-hybridized carbons (Fsp3) is 0.933. The van der Waals surface area contributed by atoms with Gasteiger partial charge in [0.05, 0.1) is 6.04 Å². The molecule has 1 aliphatic heterocycles. The SMILES string of the molecule is CCCCOCCCN1CCN(C(CC)C(N)=O)CC1. The number of piperazine rings is 1. The van der Waals surface area contributed by atoms with Crippen LogP contribution in [0.3, 0.4) is 0 Å². The Balaban J connectivity index is 2.11. The van der Waals surface area contributed by atoms with Gasteiger partial charge in [0.2, 0.25) is 5.91 Å². The summed E-state index contributed by atoms with van der Waals surface area (Å²) in [6.07, 6.45) is 4.25. The third-order valence-corrected chi connectivity index (χ3v) is 3.97. The van der Waals surface area contributed by atoms with E-state index in [0.717, 1.165) is 65.2 Å². The van der Waals surface area contributed by atoms with Crippen LogP contribution in [0.5, 0.6) is 0 Å². The number of carbonyl (C=O) groups excluding carboxylic acids is 1. The summed E-state index contributed by atoms with van der Waals surface area (Å²) in [6.45, 7) is 11.0. The Morgan fingerprint density at radius 2 is 1.80 bits per heavy atom. The molecule has 1 unspecified atom stereocenters. The van der Waals surface area contributed by atoms with Crippen LogP contribution >= 0.6 is 0 Å². The van der Waals surface area contributed by atoms with E-state index in [-0.39, 0.29) is 11.9 Å². The van der Waals surface area contributed by atoms with E-state index in [1.165, 1.54) is 6.42 Å². The van der Waals surface area contributed by atoms with E-state index in [2.05, 4.69) is 16.7 Å². The lowest BCUT2D eigenvalue weighted by molar-refractivity contribution is -0.124. The first-order valence-corrected chi connectivity index (χ1v) is 8.02. The standard InChI is InChI=1S/C15H31N3O2/c1-3-5-12-20-13-6-7-17-8-10-18(11-9-17)14(4-2)15(16)19/h14H,3-13H2,1-2H3,(H2,16,19). The molecule has 118 valence electrons. The minimum absolute atomic E-state index is 0.0884. The quantitative estimate of drug-likeness (QED) is 0.610. The van der Waals surface area contributed by atoms with Crippen LogP contribution in [0, 0.1) is 0 Å². The number of hydrogen-bond acceptors (Lipinski definition) is 4. The van der Waals surface area contributed by atoms with E-state index in [9.17, 15) is 4.79 Å². The fourth-order valence-electron chi connectivity index (χ4n) is 2.68. The van der Waals surface area contributed by atoms with Crippen molar-refractivity contribution in [1.82, 2.24) is 9.80 Å². The molecule has 1 aliphatic rings. The Morgan fingerprint density at radius 1 is 1.15 bits per heavy atom. The number of nitrogens with two attached hydrogens (primary N) is 1. The van der Waals surface area contributed by atoms with Crippen molar-refractivity contribution >= 4 is 5.91 Å². The highest BCUT2D eigenvalue weighted by Crippen LogP contribution is 2.09. The number of ether oxygens (including phenoxy) is 1. The second kappa shape index (κ2) is 10.1. The van der Waals surface area contributed by atoms with Crippen molar-refractivity contribution in [3.8, 4) is 0 Å². The molecule has 5 heteroatoms. The van der Waals surface area contributed by atoms with Gasteiger partial charge in [-0.2, -0.15) is 0 Å². The van der Waals surface area contributed by atoms with Crippen molar-refractivity contribution < 1.29 is 9.53 Å². The average Bonchev–Trinajstić information content (AvgIpc) is 2.44. The Morgan fingerprint density at radius 3 is 2.35 bits per heavy atom. The lowest BCUT2D eigenvalue weighted by Gasteiger charge is -2.37. The van der Waals surface area contributed by atoms with Gasteiger partial charge in [0.25, 0.3) is 0 Å². The van der Waals surface area contributed by atoms with Crippen LogP contribution in [-0.2, 0) is 9.53 Å². The summed E-state index contributed by atoms with van der Waals surface area (Å²) in [5.74, 6) is -0.190. The number of amides is 1. The van der Waals surface area contributed by atoms with E-state index < -0.39 is 0 Å². The maximum Gasteiger partial charge on any atom is 0.234 e. The molecule has 1 saturated heterocycles. The van der Waals surface area contributed by atoms with Gasteiger partial charge in [0.1, 0.15) is 0 Å². The highest BCUT2D eigenvalue weighted by Gasteiger charge is 2.25. The van der Waals surface area contributed by atoms with Crippen molar-refractivity contribution in [3.63, 3.8) is 0 Å². The summed E-state index contributed by atoms with van der Waals surface area (Å²) in [6, 6.07) is -0.0884. The Labute approximate surface area is 123 Å². The number of primary amides is 1. The van der Waals surface area contributed by atoms with Crippen molar-refractivity contribution in [1.29, 1.82) is 0 Å². The third-order valence-electron chi connectivity index (χ3n) is 3.97. The maximum atomic E-state index is 11.4. The number of hydrogen-bond donors (Lipinski definition) is 1. The summed E-state index contributed by atoms with van der Waals surface area (Å²) in [7, 11) is 0. The van der Waals surface area contributed by atoms with Gasteiger partial charge in [-0.05, 0) is 19.3 Å². The van der Waals surface area contributed by atoms with E-state index in [0.29, 0.717) is 0 Å². The Bertz CT molecular complexity index is 266. The number of unbranched alkanes of at least 4 members (excludes halogenated alkanes) is 1.